The number of hydrogen-bond acceptors (Lipinski definition) is 5. The Balaban J connectivity index is 2.37. The molecule has 5 nitrogen and oxygen atoms in total. The van der Waals surface area contributed by atoms with E-state index in [4.69, 9.17) is 19.9 Å². The predicted molar refractivity (Wildman–Crippen MR) is 76.2 cm³/mol. The van der Waals surface area contributed by atoms with E-state index in [1.54, 1.807) is 14.2 Å². The number of nitrogen functional groups attached to an aromatic ring is 1. The van der Waals surface area contributed by atoms with Gasteiger partial charge in [0.25, 0.3) is 0 Å². The van der Waals surface area contributed by atoms with Crippen LogP contribution in [0.15, 0.2) is 12.1 Å². The number of nitrogens with two attached hydrogens (primary N) is 1. The van der Waals surface area contributed by atoms with Crippen molar-refractivity contribution in [2.24, 2.45) is 0 Å². The lowest BCUT2D eigenvalue weighted by Crippen LogP contribution is -2.45. The summed E-state index contributed by atoms with van der Waals surface area (Å²) in [5.74, 6) is 1.36. The predicted octanol–water partition coefficient (Wildman–Crippen LogP) is 1.90. The van der Waals surface area contributed by atoms with Gasteiger partial charge in [-0.25, -0.2) is 0 Å². The van der Waals surface area contributed by atoms with Crippen molar-refractivity contribution in [3.8, 4) is 11.5 Å². The first-order valence-corrected chi connectivity index (χ1v) is 6.57. The van der Waals surface area contributed by atoms with E-state index in [9.17, 15) is 0 Å². The van der Waals surface area contributed by atoms with Crippen LogP contribution in [0.2, 0.25) is 0 Å². The minimum Gasteiger partial charge on any atom is -0.493 e. The van der Waals surface area contributed by atoms with Crippen molar-refractivity contribution >= 4 is 11.4 Å². The maximum atomic E-state index is 6.15. The van der Waals surface area contributed by atoms with Crippen LogP contribution in [-0.2, 0) is 4.74 Å². The fourth-order valence-electron chi connectivity index (χ4n) is 2.44. The van der Waals surface area contributed by atoms with Gasteiger partial charge in [-0.15, -0.1) is 0 Å². The molecular formula is C14H22N2O3. The molecular weight excluding hydrogens is 244 g/mol. The van der Waals surface area contributed by atoms with Crippen LogP contribution in [0, 0.1) is 0 Å². The van der Waals surface area contributed by atoms with E-state index in [0.29, 0.717) is 23.2 Å². The lowest BCUT2D eigenvalue weighted by molar-refractivity contribution is 0.0930. The maximum Gasteiger partial charge on any atom is 0.162 e. The molecule has 1 fully saturated rings. The summed E-state index contributed by atoms with van der Waals surface area (Å²) in [6.07, 6.45) is 1.02. The van der Waals surface area contributed by atoms with Crippen LogP contribution in [0.5, 0.6) is 11.5 Å². The zero-order valence-electron chi connectivity index (χ0n) is 11.8. The van der Waals surface area contributed by atoms with Gasteiger partial charge in [-0.1, -0.05) is 6.92 Å². The standard InChI is InChI=1S/C14H22N2O3/c1-4-10-9-19-6-5-16(10)12-8-14(18-3)13(17-2)7-11(12)15/h7-8,10H,4-6,9,15H2,1-3H3. The molecule has 2 N–H and O–H groups in total. The molecule has 106 valence electrons. The van der Waals surface area contributed by atoms with E-state index in [-0.39, 0.29) is 0 Å². The van der Waals surface area contributed by atoms with Crippen LogP contribution in [0.25, 0.3) is 0 Å². The molecule has 1 aliphatic heterocycles. The third-order valence-corrected chi connectivity index (χ3v) is 3.54. The van der Waals surface area contributed by atoms with Gasteiger partial charge >= 0.3 is 0 Å². The molecule has 0 aliphatic carbocycles. The molecule has 0 bridgehead atoms. The van der Waals surface area contributed by atoms with Crippen molar-refractivity contribution in [2.75, 3.05) is 44.6 Å². The fourth-order valence-corrected chi connectivity index (χ4v) is 2.44. The van der Waals surface area contributed by atoms with Gasteiger partial charge in [-0.3, -0.25) is 0 Å². The number of methoxy groups -OCH3 is 2. The molecule has 1 saturated heterocycles. The number of rotatable bonds is 4. The second-order valence-electron chi connectivity index (χ2n) is 4.60. The van der Waals surface area contributed by atoms with Crippen molar-refractivity contribution in [1.29, 1.82) is 0 Å². The van der Waals surface area contributed by atoms with Gasteiger partial charge < -0.3 is 24.8 Å². The van der Waals surface area contributed by atoms with Gasteiger partial charge in [0.15, 0.2) is 11.5 Å². The molecule has 5 heteroatoms. The summed E-state index contributed by atoms with van der Waals surface area (Å²) in [6, 6.07) is 4.12. The first-order chi connectivity index (χ1) is 9.21. The summed E-state index contributed by atoms with van der Waals surface area (Å²) < 4.78 is 16.1. The highest BCUT2D eigenvalue weighted by molar-refractivity contribution is 5.73. The zero-order chi connectivity index (χ0) is 13.8. The van der Waals surface area contributed by atoms with Gasteiger partial charge in [0.1, 0.15) is 0 Å². The quantitative estimate of drug-likeness (QED) is 0.844. The molecule has 1 unspecified atom stereocenters. The van der Waals surface area contributed by atoms with Gasteiger partial charge in [0.2, 0.25) is 0 Å². The maximum absolute atomic E-state index is 6.15. The van der Waals surface area contributed by atoms with Crippen molar-refractivity contribution in [1.82, 2.24) is 0 Å². The molecule has 1 aromatic carbocycles. The van der Waals surface area contributed by atoms with Gasteiger partial charge in [0, 0.05) is 18.7 Å². The number of anilines is 2. The second-order valence-corrected chi connectivity index (χ2v) is 4.60. The number of nitrogens with zero attached hydrogens (tertiary/aromatic N) is 1. The molecule has 0 radical (unpaired) electrons. The SMILES string of the molecule is CCC1COCCN1c1cc(OC)c(OC)cc1N. The Morgan fingerprint density at radius 3 is 2.63 bits per heavy atom. The summed E-state index contributed by atoms with van der Waals surface area (Å²) in [6.45, 7) is 4.47. The Morgan fingerprint density at radius 2 is 2.00 bits per heavy atom. The van der Waals surface area contributed by atoms with E-state index in [0.717, 1.165) is 31.9 Å². The minimum atomic E-state index is 0.356. The van der Waals surface area contributed by atoms with Crippen LogP contribution < -0.4 is 20.1 Å². The number of hydrogen-bond donors (Lipinski definition) is 1. The van der Waals surface area contributed by atoms with Crippen molar-refractivity contribution in [2.45, 2.75) is 19.4 Å². The summed E-state index contributed by atoms with van der Waals surface area (Å²) in [7, 11) is 3.25. The summed E-state index contributed by atoms with van der Waals surface area (Å²) in [5, 5.41) is 0. The van der Waals surface area contributed by atoms with Crippen LogP contribution in [-0.4, -0.2) is 40.0 Å². The largest absolute Gasteiger partial charge is 0.493 e. The molecule has 19 heavy (non-hydrogen) atoms. The normalized spacial score (nSPS) is 19.3. The molecule has 0 amide bonds. The molecule has 1 aliphatic rings. The molecule has 0 aromatic heterocycles. The van der Waals surface area contributed by atoms with E-state index in [1.165, 1.54) is 0 Å². The van der Waals surface area contributed by atoms with E-state index in [1.807, 2.05) is 12.1 Å². The Morgan fingerprint density at radius 1 is 1.32 bits per heavy atom. The topological polar surface area (TPSA) is 57.0 Å². The smallest absolute Gasteiger partial charge is 0.162 e. The molecule has 0 saturated carbocycles. The van der Waals surface area contributed by atoms with Crippen LogP contribution in [0.3, 0.4) is 0 Å². The van der Waals surface area contributed by atoms with Crippen molar-refractivity contribution < 1.29 is 14.2 Å². The Bertz CT molecular complexity index is 437. The number of benzene rings is 1. The molecule has 2 rings (SSSR count). The Labute approximate surface area is 114 Å². The highest BCUT2D eigenvalue weighted by Crippen LogP contribution is 2.38. The number of morpholine rings is 1. The highest BCUT2D eigenvalue weighted by atomic mass is 16.5. The van der Waals surface area contributed by atoms with E-state index in [2.05, 4.69) is 11.8 Å². The third-order valence-electron chi connectivity index (χ3n) is 3.54. The average Bonchev–Trinajstić information content (AvgIpc) is 2.46. The first kappa shape index (κ1) is 13.8. The zero-order valence-corrected chi connectivity index (χ0v) is 11.8. The average molecular weight is 266 g/mol. The van der Waals surface area contributed by atoms with Crippen molar-refractivity contribution in [3.63, 3.8) is 0 Å². The van der Waals surface area contributed by atoms with E-state index < -0.39 is 0 Å². The van der Waals surface area contributed by atoms with E-state index >= 15 is 0 Å². The summed E-state index contributed by atoms with van der Waals surface area (Å²) >= 11 is 0. The third kappa shape index (κ3) is 2.71. The second kappa shape index (κ2) is 6.02. The lowest BCUT2D eigenvalue weighted by atomic mass is 10.1. The fraction of sp³-hybridized carbons (Fsp3) is 0.571. The first-order valence-electron chi connectivity index (χ1n) is 6.57. The molecule has 1 aromatic rings. The summed E-state index contributed by atoms with van der Waals surface area (Å²) in [5.41, 5.74) is 7.85. The highest BCUT2D eigenvalue weighted by Gasteiger charge is 2.24. The monoisotopic (exact) mass is 266 g/mol. The van der Waals surface area contributed by atoms with Gasteiger partial charge in [-0.05, 0) is 6.42 Å². The van der Waals surface area contributed by atoms with Crippen LogP contribution in [0.4, 0.5) is 11.4 Å². The van der Waals surface area contributed by atoms with Crippen LogP contribution in [0.1, 0.15) is 13.3 Å². The minimum absolute atomic E-state index is 0.356. The molecule has 1 heterocycles. The van der Waals surface area contributed by atoms with Gasteiger partial charge in [-0.2, -0.15) is 0 Å². The lowest BCUT2D eigenvalue weighted by Gasteiger charge is -2.37. The Hall–Kier alpha value is -1.62. The van der Waals surface area contributed by atoms with Crippen LogP contribution >= 0.6 is 0 Å². The molecule has 1 atom stereocenters. The summed E-state index contributed by atoms with van der Waals surface area (Å²) in [4.78, 5) is 2.29. The molecule has 0 spiro atoms. The Kier molecular flexibility index (Phi) is 4.37. The number of ether oxygens (including phenoxy) is 3. The van der Waals surface area contributed by atoms with Crippen molar-refractivity contribution in [3.05, 3.63) is 12.1 Å². The van der Waals surface area contributed by atoms with Gasteiger partial charge in [0.05, 0.1) is 44.8 Å².